The van der Waals surface area contributed by atoms with Crippen molar-refractivity contribution in [3.63, 3.8) is 0 Å². The third-order valence-corrected chi connectivity index (χ3v) is 5.71. The predicted molar refractivity (Wildman–Crippen MR) is 125 cm³/mol. The first-order valence-corrected chi connectivity index (χ1v) is 11.2. The predicted octanol–water partition coefficient (Wildman–Crippen LogP) is 4.92. The van der Waals surface area contributed by atoms with Crippen molar-refractivity contribution < 1.29 is 14.1 Å². The quantitative estimate of drug-likeness (QED) is 0.532. The second-order valence-electron chi connectivity index (χ2n) is 9.30. The average molecular weight is 468 g/mol. The molecule has 9 heteroatoms. The van der Waals surface area contributed by atoms with Crippen LogP contribution in [0.4, 0.5) is 5.82 Å². The van der Waals surface area contributed by atoms with E-state index in [1.807, 2.05) is 58.0 Å². The third kappa shape index (κ3) is 5.39. The molecule has 1 fully saturated rings. The minimum absolute atomic E-state index is 0.00817. The average Bonchev–Trinajstić information content (AvgIpc) is 3.48. The lowest BCUT2D eigenvalue weighted by atomic mass is 9.97. The molecule has 1 aromatic carbocycles. The molecule has 3 aromatic rings. The van der Waals surface area contributed by atoms with Crippen LogP contribution >= 0.6 is 11.6 Å². The van der Waals surface area contributed by atoms with Gasteiger partial charge in [0.05, 0.1) is 6.04 Å². The second kappa shape index (κ2) is 8.94. The summed E-state index contributed by atoms with van der Waals surface area (Å²) in [5, 5.41) is 10.0. The Morgan fingerprint density at radius 1 is 1.15 bits per heavy atom. The smallest absolute Gasteiger partial charge is 0.293 e. The highest BCUT2D eigenvalue weighted by atomic mass is 35.5. The zero-order valence-corrected chi connectivity index (χ0v) is 19.7. The number of benzene rings is 1. The summed E-state index contributed by atoms with van der Waals surface area (Å²) in [6.45, 7) is 7.62. The SMILES string of the molecule is C[C@H](NC(=O)c1noc(C(C)(C)C)n1)c1ccc(-c2ccnc(NC(=O)C3CC3)c2)cc1Cl. The number of anilines is 1. The molecule has 1 aliphatic rings. The standard InChI is InChI=1S/C24H26ClN5O3/c1-13(27-22(32)20-29-23(33-30-20)24(2,3)4)17-8-7-15(11-18(17)25)16-9-10-26-19(12-16)28-21(31)14-5-6-14/h7-14H,5-6H2,1-4H3,(H,27,32)(H,26,28,31)/t13-/m0/s1. The van der Waals surface area contributed by atoms with Crippen molar-refractivity contribution in [1.29, 1.82) is 0 Å². The van der Waals surface area contributed by atoms with Crippen LogP contribution in [0.5, 0.6) is 0 Å². The van der Waals surface area contributed by atoms with Crippen LogP contribution in [0.15, 0.2) is 41.1 Å². The van der Waals surface area contributed by atoms with E-state index in [2.05, 4.69) is 25.8 Å². The van der Waals surface area contributed by atoms with E-state index in [4.69, 9.17) is 16.1 Å². The van der Waals surface area contributed by atoms with Gasteiger partial charge in [0.15, 0.2) is 0 Å². The molecule has 0 unspecified atom stereocenters. The maximum Gasteiger partial charge on any atom is 0.293 e. The Labute approximate surface area is 197 Å². The van der Waals surface area contributed by atoms with E-state index in [9.17, 15) is 9.59 Å². The normalized spacial score (nSPS) is 14.6. The first-order chi connectivity index (χ1) is 15.6. The van der Waals surface area contributed by atoms with Crippen LogP contribution in [-0.2, 0) is 10.2 Å². The topological polar surface area (TPSA) is 110 Å². The molecule has 1 aliphatic carbocycles. The van der Waals surface area contributed by atoms with Gasteiger partial charge in [-0.3, -0.25) is 9.59 Å². The maximum absolute atomic E-state index is 12.6. The summed E-state index contributed by atoms with van der Waals surface area (Å²) in [5.74, 6) is 0.569. The third-order valence-electron chi connectivity index (χ3n) is 5.38. The van der Waals surface area contributed by atoms with E-state index in [1.165, 1.54) is 0 Å². The van der Waals surface area contributed by atoms with Gasteiger partial charge in [-0.2, -0.15) is 4.98 Å². The van der Waals surface area contributed by atoms with Crippen molar-refractivity contribution in [2.45, 2.75) is 52.0 Å². The van der Waals surface area contributed by atoms with E-state index in [-0.39, 0.29) is 29.1 Å². The van der Waals surface area contributed by atoms with Crippen molar-refractivity contribution in [1.82, 2.24) is 20.4 Å². The highest BCUT2D eigenvalue weighted by Gasteiger charge is 2.30. The molecule has 0 spiro atoms. The number of nitrogens with zero attached hydrogens (tertiary/aromatic N) is 3. The molecule has 8 nitrogen and oxygen atoms in total. The molecule has 1 atom stereocenters. The van der Waals surface area contributed by atoms with Crippen molar-refractivity contribution in [2.75, 3.05) is 5.32 Å². The number of hydrogen-bond acceptors (Lipinski definition) is 6. The lowest BCUT2D eigenvalue weighted by molar-refractivity contribution is -0.117. The van der Waals surface area contributed by atoms with Crippen LogP contribution in [0.1, 0.15) is 68.7 Å². The Balaban J connectivity index is 1.46. The summed E-state index contributed by atoms with van der Waals surface area (Å²) in [6.07, 6.45) is 3.52. The van der Waals surface area contributed by atoms with Crippen molar-refractivity contribution in [3.05, 3.63) is 58.8 Å². The Morgan fingerprint density at radius 2 is 1.88 bits per heavy atom. The van der Waals surface area contributed by atoms with Gasteiger partial charge in [0.2, 0.25) is 11.8 Å². The van der Waals surface area contributed by atoms with Gasteiger partial charge in [-0.25, -0.2) is 4.98 Å². The molecule has 0 saturated heterocycles. The molecule has 172 valence electrons. The van der Waals surface area contributed by atoms with E-state index >= 15 is 0 Å². The molecular formula is C24H26ClN5O3. The first-order valence-electron chi connectivity index (χ1n) is 10.8. The largest absolute Gasteiger partial charge is 0.343 e. The van der Waals surface area contributed by atoms with Crippen LogP contribution in [-0.4, -0.2) is 26.9 Å². The minimum atomic E-state index is -0.438. The Kier molecular flexibility index (Phi) is 6.21. The molecule has 33 heavy (non-hydrogen) atoms. The van der Waals surface area contributed by atoms with Gasteiger partial charge in [0.1, 0.15) is 5.82 Å². The molecular weight excluding hydrogens is 442 g/mol. The summed E-state index contributed by atoms with van der Waals surface area (Å²) in [5.41, 5.74) is 2.16. The van der Waals surface area contributed by atoms with E-state index < -0.39 is 5.91 Å². The molecule has 0 bridgehead atoms. The Morgan fingerprint density at radius 3 is 2.52 bits per heavy atom. The summed E-state index contributed by atoms with van der Waals surface area (Å²) < 4.78 is 5.20. The van der Waals surface area contributed by atoms with Gasteiger partial charge >= 0.3 is 0 Å². The van der Waals surface area contributed by atoms with Crippen molar-refractivity contribution in [3.8, 4) is 11.1 Å². The first kappa shape index (κ1) is 22.9. The number of carbonyl (C=O) groups excluding carboxylic acids is 2. The van der Waals surface area contributed by atoms with Gasteiger partial charge in [-0.1, -0.05) is 49.7 Å². The second-order valence-corrected chi connectivity index (χ2v) is 9.71. The van der Waals surface area contributed by atoms with Gasteiger partial charge in [-0.15, -0.1) is 0 Å². The van der Waals surface area contributed by atoms with Crippen molar-refractivity contribution >= 4 is 29.2 Å². The molecule has 2 heterocycles. The molecule has 4 rings (SSSR count). The molecule has 2 aromatic heterocycles. The van der Waals surface area contributed by atoms with Gasteiger partial charge in [0, 0.05) is 22.6 Å². The number of hydrogen-bond donors (Lipinski definition) is 2. The van der Waals surface area contributed by atoms with E-state index in [0.29, 0.717) is 16.7 Å². The number of rotatable bonds is 6. The lowest BCUT2D eigenvalue weighted by Crippen LogP contribution is -2.28. The van der Waals surface area contributed by atoms with Crippen LogP contribution in [0, 0.1) is 5.92 Å². The van der Waals surface area contributed by atoms with Crippen LogP contribution < -0.4 is 10.6 Å². The lowest BCUT2D eigenvalue weighted by Gasteiger charge is -2.16. The van der Waals surface area contributed by atoms with Crippen molar-refractivity contribution in [2.24, 2.45) is 5.92 Å². The number of amides is 2. The van der Waals surface area contributed by atoms with Gasteiger partial charge < -0.3 is 15.2 Å². The fourth-order valence-electron chi connectivity index (χ4n) is 3.27. The summed E-state index contributed by atoms with van der Waals surface area (Å²) in [4.78, 5) is 33.0. The van der Waals surface area contributed by atoms with E-state index in [0.717, 1.165) is 29.5 Å². The zero-order valence-electron chi connectivity index (χ0n) is 19.0. The Hall–Kier alpha value is -3.26. The fourth-order valence-corrected chi connectivity index (χ4v) is 3.61. The molecule has 0 aliphatic heterocycles. The summed E-state index contributed by atoms with van der Waals surface area (Å²) in [7, 11) is 0. The monoisotopic (exact) mass is 467 g/mol. The number of pyridine rings is 1. The Bertz CT molecular complexity index is 1200. The van der Waals surface area contributed by atoms with Crippen LogP contribution in [0.25, 0.3) is 11.1 Å². The highest BCUT2D eigenvalue weighted by Crippen LogP contribution is 2.32. The minimum Gasteiger partial charge on any atom is -0.343 e. The summed E-state index contributed by atoms with van der Waals surface area (Å²) >= 11 is 6.56. The molecule has 1 saturated carbocycles. The van der Waals surface area contributed by atoms with Gasteiger partial charge in [0.25, 0.3) is 11.7 Å². The number of nitrogens with one attached hydrogen (secondary N) is 2. The fraction of sp³-hybridized carbons (Fsp3) is 0.375. The molecule has 2 N–H and O–H groups in total. The van der Waals surface area contributed by atoms with E-state index in [1.54, 1.807) is 6.20 Å². The van der Waals surface area contributed by atoms with Crippen LogP contribution in [0.2, 0.25) is 5.02 Å². The summed E-state index contributed by atoms with van der Waals surface area (Å²) in [6, 6.07) is 8.90. The molecule has 2 amide bonds. The number of halogens is 1. The zero-order chi connectivity index (χ0) is 23.8. The maximum atomic E-state index is 12.6. The number of carbonyl (C=O) groups is 2. The highest BCUT2D eigenvalue weighted by molar-refractivity contribution is 6.31. The molecule has 0 radical (unpaired) electrons. The number of aromatic nitrogens is 3. The van der Waals surface area contributed by atoms with Gasteiger partial charge in [-0.05, 0) is 54.7 Å². The van der Waals surface area contributed by atoms with Crippen LogP contribution in [0.3, 0.4) is 0 Å².